The van der Waals surface area contributed by atoms with Crippen molar-refractivity contribution in [1.82, 2.24) is 4.90 Å². The molecule has 1 fully saturated rings. The maximum atomic E-state index is 12.6. The largest absolute Gasteiger partial charge is 0.324 e. The lowest BCUT2D eigenvalue weighted by atomic mass is 10.1. The molecular formula is C20H16ClN3O5S. The smallest absolute Gasteiger partial charge is 0.294 e. The number of anilines is 1. The predicted molar refractivity (Wildman–Crippen MR) is 115 cm³/mol. The van der Waals surface area contributed by atoms with Crippen LogP contribution in [0, 0.1) is 24.0 Å². The maximum Gasteiger partial charge on any atom is 0.294 e. The van der Waals surface area contributed by atoms with Gasteiger partial charge >= 0.3 is 0 Å². The molecule has 1 heterocycles. The Morgan fingerprint density at radius 3 is 2.67 bits per heavy atom. The van der Waals surface area contributed by atoms with E-state index < -0.39 is 28.5 Å². The van der Waals surface area contributed by atoms with Crippen LogP contribution in [-0.4, -0.2) is 33.4 Å². The number of halogens is 1. The molecule has 0 aromatic heterocycles. The number of carbonyl (C=O) groups is 3. The molecule has 0 bridgehead atoms. The van der Waals surface area contributed by atoms with Crippen LogP contribution >= 0.6 is 23.4 Å². The Balaban J connectivity index is 1.75. The lowest BCUT2D eigenvalue weighted by Crippen LogP contribution is -2.36. The van der Waals surface area contributed by atoms with E-state index in [1.54, 1.807) is 6.07 Å². The first-order valence-corrected chi connectivity index (χ1v) is 9.91. The van der Waals surface area contributed by atoms with Gasteiger partial charge < -0.3 is 5.32 Å². The van der Waals surface area contributed by atoms with E-state index in [4.69, 9.17) is 11.6 Å². The summed E-state index contributed by atoms with van der Waals surface area (Å²) in [5.74, 6) is -1.15. The fraction of sp³-hybridized carbons (Fsp3) is 0.150. The molecule has 0 spiro atoms. The summed E-state index contributed by atoms with van der Waals surface area (Å²) >= 11 is 6.45. The summed E-state index contributed by atoms with van der Waals surface area (Å²) in [7, 11) is 0. The van der Waals surface area contributed by atoms with Crippen LogP contribution in [-0.2, 0) is 9.59 Å². The van der Waals surface area contributed by atoms with Gasteiger partial charge in [-0.15, -0.1) is 0 Å². The third-order valence-corrected chi connectivity index (χ3v) is 5.53. The van der Waals surface area contributed by atoms with Crippen LogP contribution in [0.1, 0.15) is 16.7 Å². The van der Waals surface area contributed by atoms with Gasteiger partial charge in [-0.3, -0.25) is 29.4 Å². The Morgan fingerprint density at radius 2 is 1.97 bits per heavy atom. The molecule has 2 aromatic rings. The molecule has 1 aliphatic rings. The van der Waals surface area contributed by atoms with Crippen molar-refractivity contribution in [1.29, 1.82) is 0 Å². The number of carbonyl (C=O) groups excluding carboxylic acids is 3. The number of hydrogen-bond acceptors (Lipinski definition) is 6. The molecule has 10 heteroatoms. The first kappa shape index (κ1) is 21.5. The van der Waals surface area contributed by atoms with E-state index in [2.05, 4.69) is 5.32 Å². The third-order valence-electron chi connectivity index (χ3n) is 4.31. The number of benzene rings is 2. The van der Waals surface area contributed by atoms with Crippen LogP contribution in [0.25, 0.3) is 6.08 Å². The van der Waals surface area contributed by atoms with Crippen LogP contribution < -0.4 is 5.32 Å². The Hall–Kier alpha value is -3.17. The van der Waals surface area contributed by atoms with Crippen LogP contribution in [0.15, 0.2) is 41.3 Å². The average molecular weight is 446 g/mol. The molecular weight excluding hydrogens is 430 g/mol. The normalized spacial score (nSPS) is 15.0. The minimum atomic E-state index is -0.640. The van der Waals surface area contributed by atoms with Gasteiger partial charge in [0.05, 0.1) is 9.83 Å². The van der Waals surface area contributed by atoms with Gasteiger partial charge in [-0.05, 0) is 60.5 Å². The maximum absolute atomic E-state index is 12.6. The first-order valence-electron chi connectivity index (χ1n) is 8.72. The fourth-order valence-corrected chi connectivity index (χ4v) is 3.78. The highest BCUT2D eigenvalue weighted by Crippen LogP contribution is 2.33. The number of nitrogens with one attached hydrogen (secondary N) is 1. The van der Waals surface area contributed by atoms with Crippen molar-refractivity contribution in [3.8, 4) is 0 Å². The molecule has 1 aliphatic heterocycles. The van der Waals surface area contributed by atoms with Gasteiger partial charge in [0.1, 0.15) is 11.6 Å². The number of thioether (sulfide) groups is 1. The van der Waals surface area contributed by atoms with Gasteiger partial charge in [-0.25, -0.2) is 0 Å². The van der Waals surface area contributed by atoms with Gasteiger partial charge in [0.2, 0.25) is 5.91 Å². The second-order valence-corrected chi connectivity index (χ2v) is 8.00. The highest BCUT2D eigenvalue weighted by Gasteiger charge is 2.36. The van der Waals surface area contributed by atoms with E-state index in [1.165, 1.54) is 24.3 Å². The number of amides is 3. The van der Waals surface area contributed by atoms with Crippen molar-refractivity contribution in [2.24, 2.45) is 0 Å². The molecule has 0 aliphatic carbocycles. The van der Waals surface area contributed by atoms with Gasteiger partial charge in [-0.2, -0.15) is 0 Å². The first-order chi connectivity index (χ1) is 14.2. The molecule has 2 aromatic carbocycles. The average Bonchev–Trinajstić information content (AvgIpc) is 2.93. The fourth-order valence-electron chi connectivity index (χ4n) is 2.75. The van der Waals surface area contributed by atoms with E-state index in [9.17, 15) is 24.5 Å². The van der Waals surface area contributed by atoms with E-state index in [1.807, 2.05) is 26.0 Å². The summed E-state index contributed by atoms with van der Waals surface area (Å²) in [6, 6.07) is 9.62. The molecule has 0 saturated carbocycles. The minimum absolute atomic E-state index is 0.0339. The number of hydrogen-bond donors (Lipinski definition) is 1. The molecule has 0 unspecified atom stereocenters. The molecule has 8 nitrogen and oxygen atoms in total. The molecule has 3 amide bonds. The second kappa shape index (κ2) is 8.68. The minimum Gasteiger partial charge on any atom is -0.324 e. The monoisotopic (exact) mass is 445 g/mol. The Bertz CT molecular complexity index is 1120. The topological polar surface area (TPSA) is 110 Å². The highest BCUT2D eigenvalue weighted by molar-refractivity contribution is 8.18. The summed E-state index contributed by atoms with van der Waals surface area (Å²) in [6.07, 6.45) is 1.36. The number of nitrogens with zero attached hydrogens (tertiary/aromatic N) is 2. The number of imide groups is 1. The van der Waals surface area contributed by atoms with Gasteiger partial charge in [-0.1, -0.05) is 29.8 Å². The van der Waals surface area contributed by atoms with Crippen LogP contribution in [0.3, 0.4) is 0 Å². The SMILES string of the molecule is Cc1ccc(C)c(NC(=O)CN2C(=O)S/C(=C\c3ccc(Cl)c([N+](=O)[O-])c3)C2=O)c1. The standard InChI is InChI=1S/C20H16ClN3O5S/c1-11-3-4-12(2)15(7-11)22-18(25)10-23-19(26)17(30-20(23)27)9-13-5-6-14(21)16(8-13)24(28)29/h3-9H,10H2,1-2H3,(H,22,25)/b17-9-. The summed E-state index contributed by atoms with van der Waals surface area (Å²) in [5, 5.41) is 13.1. The number of nitro groups is 1. The van der Waals surface area contributed by atoms with Gasteiger partial charge in [0, 0.05) is 11.8 Å². The van der Waals surface area contributed by atoms with Crippen LogP contribution in [0.2, 0.25) is 5.02 Å². The summed E-state index contributed by atoms with van der Waals surface area (Å²) < 4.78 is 0. The summed E-state index contributed by atoms with van der Waals surface area (Å²) in [6.45, 7) is 3.29. The van der Waals surface area contributed by atoms with E-state index in [0.717, 1.165) is 16.0 Å². The molecule has 1 saturated heterocycles. The predicted octanol–water partition coefficient (Wildman–Crippen LogP) is 4.54. The Labute approximate surface area is 181 Å². The molecule has 3 rings (SSSR count). The van der Waals surface area contributed by atoms with Gasteiger partial charge in [0.15, 0.2) is 0 Å². The zero-order chi connectivity index (χ0) is 22.0. The zero-order valence-electron chi connectivity index (χ0n) is 16.0. The summed E-state index contributed by atoms with van der Waals surface area (Å²) in [5.41, 5.74) is 2.46. The lowest BCUT2D eigenvalue weighted by Gasteiger charge is -2.14. The Morgan fingerprint density at radius 1 is 1.23 bits per heavy atom. The second-order valence-electron chi connectivity index (χ2n) is 6.60. The molecule has 0 atom stereocenters. The van der Waals surface area contributed by atoms with Gasteiger partial charge in [0.25, 0.3) is 16.8 Å². The van der Waals surface area contributed by atoms with Crippen LogP contribution in [0.4, 0.5) is 16.2 Å². The number of rotatable bonds is 5. The van der Waals surface area contributed by atoms with E-state index >= 15 is 0 Å². The van der Waals surface area contributed by atoms with Crippen molar-refractivity contribution in [2.75, 3.05) is 11.9 Å². The molecule has 154 valence electrons. The Kier molecular flexibility index (Phi) is 6.23. The van der Waals surface area contributed by atoms with E-state index in [-0.39, 0.29) is 15.6 Å². The quantitative estimate of drug-likeness (QED) is 0.411. The van der Waals surface area contributed by atoms with Crippen molar-refractivity contribution >= 4 is 57.9 Å². The molecule has 0 radical (unpaired) electrons. The molecule has 30 heavy (non-hydrogen) atoms. The van der Waals surface area contributed by atoms with Crippen LogP contribution in [0.5, 0.6) is 0 Å². The lowest BCUT2D eigenvalue weighted by molar-refractivity contribution is -0.384. The van der Waals surface area contributed by atoms with Crippen molar-refractivity contribution < 1.29 is 19.3 Å². The third kappa shape index (κ3) is 4.69. The highest BCUT2D eigenvalue weighted by atomic mass is 35.5. The zero-order valence-corrected chi connectivity index (χ0v) is 17.5. The number of aryl methyl sites for hydroxylation is 2. The van der Waals surface area contributed by atoms with Crippen molar-refractivity contribution in [3.05, 3.63) is 73.1 Å². The van der Waals surface area contributed by atoms with Crippen molar-refractivity contribution in [2.45, 2.75) is 13.8 Å². The van der Waals surface area contributed by atoms with Crippen molar-refractivity contribution in [3.63, 3.8) is 0 Å². The molecule has 1 N–H and O–H groups in total. The van der Waals surface area contributed by atoms with E-state index in [0.29, 0.717) is 23.0 Å². The summed E-state index contributed by atoms with van der Waals surface area (Å²) in [4.78, 5) is 48.5. The number of nitro benzene ring substituents is 1.